The molecule has 1 rings (SSSR count). The number of carbonyl (C=O) groups is 2. The maximum absolute atomic E-state index is 12.0. The van der Waals surface area contributed by atoms with Crippen LogP contribution >= 0.6 is 0 Å². The van der Waals surface area contributed by atoms with Crippen molar-refractivity contribution in [3.8, 4) is 0 Å². The highest BCUT2D eigenvalue weighted by atomic mass is 16.5. The first-order valence-electron chi connectivity index (χ1n) is 6.42. The molecule has 1 N–H and O–H groups in total. The maximum atomic E-state index is 12.0. The van der Waals surface area contributed by atoms with Crippen LogP contribution in [0.3, 0.4) is 0 Å². The van der Waals surface area contributed by atoms with Gasteiger partial charge in [0.25, 0.3) is 0 Å². The summed E-state index contributed by atoms with van der Waals surface area (Å²) in [5, 5.41) is 8.94. The summed E-state index contributed by atoms with van der Waals surface area (Å²) in [6.07, 6.45) is 1.34. The first kappa shape index (κ1) is 15.9. The van der Waals surface area contributed by atoms with Crippen molar-refractivity contribution in [2.45, 2.75) is 26.9 Å². The van der Waals surface area contributed by atoms with Crippen molar-refractivity contribution in [1.82, 2.24) is 4.98 Å². The van der Waals surface area contributed by atoms with Gasteiger partial charge >= 0.3 is 11.9 Å². The zero-order valence-corrected chi connectivity index (χ0v) is 12.2. The summed E-state index contributed by atoms with van der Waals surface area (Å²) in [6.45, 7) is 5.40. The minimum Gasteiger partial charge on any atom is -0.481 e. The molecule has 0 aliphatic carbocycles. The van der Waals surface area contributed by atoms with Gasteiger partial charge in [-0.25, -0.2) is 9.78 Å². The lowest BCUT2D eigenvalue weighted by Gasteiger charge is -2.22. The molecule has 0 radical (unpaired) electrons. The number of hydrogen-bond acceptors (Lipinski definition) is 5. The highest BCUT2D eigenvalue weighted by Crippen LogP contribution is 2.18. The molecule has 0 aliphatic heterocycles. The Balaban J connectivity index is 2.94. The molecule has 0 amide bonds. The van der Waals surface area contributed by atoms with Crippen LogP contribution in [-0.4, -0.2) is 41.7 Å². The van der Waals surface area contributed by atoms with E-state index >= 15 is 0 Å². The molecule has 1 unspecified atom stereocenters. The van der Waals surface area contributed by atoms with Crippen molar-refractivity contribution in [1.29, 1.82) is 0 Å². The summed E-state index contributed by atoms with van der Waals surface area (Å²) < 4.78 is 5.16. The zero-order chi connectivity index (χ0) is 15.3. The normalized spacial score (nSPS) is 12.1. The van der Waals surface area contributed by atoms with Crippen molar-refractivity contribution < 1.29 is 19.4 Å². The summed E-state index contributed by atoms with van der Waals surface area (Å²) in [6, 6.07) is 3.27. The molecule has 1 atom stereocenters. The van der Waals surface area contributed by atoms with Crippen LogP contribution in [0.25, 0.3) is 0 Å². The van der Waals surface area contributed by atoms with E-state index in [0.717, 1.165) is 0 Å². The van der Waals surface area contributed by atoms with Crippen LogP contribution in [0.5, 0.6) is 0 Å². The van der Waals surface area contributed by atoms with Crippen molar-refractivity contribution >= 4 is 17.8 Å². The topological polar surface area (TPSA) is 79.7 Å². The molecule has 110 valence electrons. The Labute approximate surface area is 118 Å². The van der Waals surface area contributed by atoms with Crippen LogP contribution in [0, 0.1) is 5.92 Å². The molecule has 0 saturated heterocycles. The van der Waals surface area contributed by atoms with E-state index in [9.17, 15) is 9.59 Å². The largest absolute Gasteiger partial charge is 0.481 e. The third-order valence-corrected chi connectivity index (χ3v) is 2.68. The highest BCUT2D eigenvalue weighted by molar-refractivity contribution is 5.94. The fourth-order valence-electron chi connectivity index (χ4n) is 1.71. The van der Waals surface area contributed by atoms with E-state index in [1.54, 1.807) is 51.0 Å². The van der Waals surface area contributed by atoms with Crippen LogP contribution in [-0.2, 0) is 9.53 Å². The number of rotatable bonds is 6. The number of hydrogen-bond donors (Lipinski definition) is 1. The molecule has 0 fully saturated rings. The standard InChI is InChI=1S/C14H20N2O4/c1-9(2)20-14(19)11-6-5-7-15-12(11)16(4)8-10(3)13(17)18/h5-7,9-10H,8H2,1-4H3,(H,17,18). The third kappa shape index (κ3) is 4.22. The number of nitrogens with zero attached hydrogens (tertiary/aromatic N) is 2. The molecular weight excluding hydrogens is 260 g/mol. The van der Waals surface area contributed by atoms with Gasteiger partial charge in [-0.05, 0) is 26.0 Å². The minimum absolute atomic E-state index is 0.223. The molecule has 0 aromatic carbocycles. The lowest BCUT2D eigenvalue weighted by molar-refractivity contribution is -0.140. The van der Waals surface area contributed by atoms with Gasteiger partial charge in [0.05, 0.1) is 12.0 Å². The van der Waals surface area contributed by atoms with Crippen molar-refractivity contribution in [2.75, 3.05) is 18.5 Å². The molecule has 6 nitrogen and oxygen atoms in total. The third-order valence-electron chi connectivity index (χ3n) is 2.68. The number of anilines is 1. The first-order valence-corrected chi connectivity index (χ1v) is 6.42. The summed E-state index contributed by atoms with van der Waals surface area (Å²) in [7, 11) is 1.70. The average molecular weight is 280 g/mol. The lowest BCUT2D eigenvalue weighted by atomic mass is 10.1. The number of carbonyl (C=O) groups excluding carboxylic acids is 1. The van der Waals surface area contributed by atoms with Gasteiger partial charge in [0, 0.05) is 19.8 Å². The minimum atomic E-state index is -0.890. The summed E-state index contributed by atoms with van der Waals surface area (Å²) in [5.41, 5.74) is 0.335. The van der Waals surface area contributed by atoms with Crippen molar-refractivity contribution in [2.24, 2.45) is 5.92 Å². The van der Waals surface area contributed by atoms with E-state index in [1.807, 2.05) is 0 Å². The molecule has 6 heteroatoms. The van der Waals surface area contributed by atoms with Gasteiger partial charge in [-0.1, -0.05) is 6.92 Å². The molecule has 0 saturated carbocycles. The van der Waals surface area contributed by atoms with Crippen LogP contribution in [0.2, 0.25) is 0 Å². The van der Waals surface area contributed by atoms with Crippen LogP contribution in [0.15, 0.2) is 18.3 Å². The second-order valence-corrected chi connectivity index (χ2v) is 4.95. The van der Waals surface area contributed by atoms with E-state index in [2.05, 4.69) is 4.98 Å². The molecule has 20 heavy (non-hydrogen) atoms. The predicted octanol–water partition coefficient (Wildman–Crippen LogP) is 1.80. The van der Waals surface area contributed by atoms with Crippen LogP contribution in [0.1, 0.15) is 31.1 Å². The maximum Gasteiger partial charge on any atom is 0.342 e. The molecular formula is C14H20N2O4. The molecule has 0 bridgehead atoms. The molecule has 1 aromatic heterocycles. The van der Waals surface area contributed by atoms with Crippen LogP contribution < -0.4 is 4.90 Å². The van der Waals surface area contributed by atoms with Gasteiger partial charge in [0.15, 0.2) is 0 Å². The summed E-state index contributed by atoms with van der Waals surface area (Å²) in [4.78, 5) is 28.7. The fraction of sp³-hybridized carbons (Fsp3) is 0.500. The van der Waals surface area contributed by atoms with E-state index in [4.69, 9.17) is 9.84 Å². The first-order chi connectivity index (χ1) is 9.32. The van der Waals surface area contributed by atoms with E-state index in [1.165, 1.54) is 0 Å². The predicted molar refractivity (Wildman–Crippen MR) is 74.9 cm³/mol. The van der Waals surface area contributed by atoms with Crippen molar-refractivity contribution in [3.05, 3.63) is 23.9 Å². The SMILES string of the molecule is CC(C)OC(=O)c1cccnc1N(C)CC(C)C(=O)O. The van der Waals surface area contributed by atoms with Gasteiger partial charge in [-0.3, -0.25) is 4.79 Å². The Morgan fingerprint density at radius 3 is 2.60 bits per heavy atom. The molecule has 0 spiro atoms. The Morgan fingerprint density at radius 1 is 1.40 bits per heavy atom. The number of carboxylic acids is 1. The molecule has 1 aromatic rings. The van der Waals surface area contributed by atoms with Gasteiger partial charge in [-0.2, -0.15) is 0 Å². The average Bonchev–Trinajstić information content (AvgIpc) is 2.37. The van der Waals surface area contributed by atoms with Crippen LogP contribution in [0.4, 0.5) is 5.82 Å². The number of carboxylic acid groups (broad SMARTS) is 1. The number of aromatic nitrogens is 1. The smallest absolute Gasteiger partial charge is 0.342 e. The van der Waals surface area contributed by atoms with E-state index in [-0.39, 0.29) is 12.6 Å². The van der Waals surface area contributed by atoms with Gasteiger partial charge < -0.3 is 14.7 Å². The Hall–Kier alpha value is -2.11. The summed E-state index contributed by atoms with van der Waals surface area (Å²) in [5.74, 6) is -1.49. The van der Waals surface area contributed by atoms with Crippen molar-refractivity contribution in [3.63, 3.8) is 0 Å². The number of aliphatic carboxylic acids is 1. The van der Waals surface area contributed by atoms with E-state index < -0.39 is 17.9 Å². The van der Waals surface area contributed by atoms with Gasteiger partial charge in [0.1, 0.15) is 11.4 Å². The Bertz CT molecular complexity index is 488. The van der Waals surface area contributed by atoms with Gasteiger partial charge in [0.2, 0.25) is 0 Å². The Morgan fingerprint density at radius 2 is 2.05 bits per heavy atom. The second kappa shape index (κ2) is 6.88. The number of ether oxygens (including phenoxy) is 1. The second-order valence-electron chi connectivity index (χ2n) is 4.95. The van der Waals surface area contributed by atoms with Gasteiger partial charge in [-0.15, -0.1) is 0 Å². The lowest BCUT2D eigenvalue weighted by Crippen LogP contribution is -2.30. The zero-order valence-electron chi connectivity index (χ0n) is 12.2. The monoisotopic (exact) mass is 280 g/mol. The van der Waals surface area contributed by atoms with E-state index in [0.29, 0.717) is 11.4 Å². The highest BCUT2D eigenvalue weighted by Gasteiger charge is 2.20. The summed E-state index contributed by atoms with van der Waals surface area (Å²) >= 11 is 0. The number of pyridine rings is 1. The number of esters is 1. The molecule has 0 aliphatic rings. The molecule has 1 heterocycles. The quantitative estimate of drug-likeness (QED) is 0.800. The Kier molecular flexibility index (Phi) is 5.49. The fourth-order valence-corrected chi connectivity index (χ4v) is 1.71.